The lowest BCUT2D eigenvalue weighted by molar-refractivity contribution is 0.0459. The van der Waals surface area contributed by atoms with Gasteiger partial charge in [-0.3, -0.25) is 4.99 Å². The molecule has 1 aromatic carbocycles. The smallest absolute Gasteiger partial charge is 0.136 e. The maximum atomic E-state index is 6.03. The Hall–Kier alpha value is -2.95. The lowest BCUT2D eigenvalue weighted by atomic mass is 9.51. The van der Waals surface area contributed by atoms with E-state index in [0.717, 1.165) is 30.1 Å². The molecule has 4 fully saturated rings. The van der Waals surface area contributed by atoms with Crippen LogP contribution >= 0.6 is 0 Å². The lowest BCUT2D eigenvalue weighted by Crippen LogP contribution is -2.49. The predicted octanol–water partition coefficient (Wildman–Crippen LogP) is 8.32. The summed E-state index contributed by atoms with van der Waals surface area (Å²) >= 11 is 0. The standard InChI is InChI=1S/C36H51N5/c1-6-29-12-13-32(20-27(29)4)36-17-14-35(15-18-36,16-19-36)24-41(28(5)30-10-8-7-9-11-30)34-21-33(39-25-40-34)31(22-37)23-38-26(2)3/h12-13,20-23,25-26,30H,5-11,14-19,24,37H2,1-4H3/b31-22+,38-23?. The summed E-state index contributed by atoms with van der Waals surface area (Å²) in [6.07, 6.45) is 20.3. The first-order valence-electron chi connectivity index (χ1n) is 16.1. The van der Waals surface area contributed by atoms with Crippen LogP contribution in [-0.4, -0.2) is 28.8 Å². The molecular formula is C36H51N5. The molecule has 41 heavy (non-hydrogen) atoms. The number of anilines is 1. The highest BCUT2D eigenvalue weighted by Crippen LogP contribution is 2.58. The van der Waals surface area contributed by atoms with Crippen molar-refractivity contribution in [3.8, 4) is 0 Å². The summed E-state index contributed by atoms with van der Waals surface area (Å²) in [6, 6.07) is 9.63. The van der Waals surface area contributed by atoms with E-state index in [2.05, 4.69) is 66.8 Å². The fourth-order valence-electron chi connectivity index (χ4n) is 7.75. The molecule has 2 bridgehead atoms. The topological polar surface area (TPSA) is 67.4 Å². The average molecular weight is 554 g/mol. The third-order valence-electron chi connectivity index (χ3n) is 10.6. The largest absolute Gasteiger partial charge is 0.404 e. The molecule has 0 aliphatic heterocycles. The zero-order chi connectivity index (χ0) is 29.0. The number of hydrogen-bond donors (Lipinski definition) is 1. The van der Waals surface area contributed by atoms with Crippen molar-refractivity contribution in [3.63, 3.8) is 0 Å². The summed E-state index contributed by atoms with van der Waals surface area (Å²) in [6.45, 7) is 14.4. The Labute approximate surface area is 248 Å². The van der Waals surface area contributed by atoms with Crippen molar-refractivity contribution in [2.24, 2.45) is 22.1 Å². The van der Waals surface area contributed by atoms with Crippen molar-refractivity contribution in [1.82, 2.24) is 9.97 Å². The van der Waals surface area contributed by atoms with Gasteiger partial charge in [0, 0.05) is 42.3 Å². The highest BCUT2D eigenvalue weighted by Gasteiger charge is 2.50. The minimum Gasteiger partial charge on any atom is -0.404 e. The van der Waals surface area contributed by atoms with Crippen LogP contribution in [0.2, 0.25) is 0 Å². The minimum atomic E-state index is 0.200. The number of benzene rings is 1. The minimum absolute atomic E-state index is 0.200. The molecule has 0 amide bonds. The van der Waals surface area contributed by atoms with E-state index in [4.69, 9.17) is 17.3 Å². The highest BCUT2D eigenvalue weighted by molar-refractivity contribution is 6.09. The van der Waals surface area contributed by atoms with Gasteiger partial charge in [0.25, 0.3) is 0 Å². The van der Waals surface area contributed by atoms with Gasteiger partial charge in [-0.2, -0.15) is 0 Å². The van der Waals surface area contributed by atoms with E-state index in [9.17, 15) is 0 Å². The van der Waals surface area contributed by atoms with Crippen LogP contribution in [0.15, 0.2) is 54.1 Å². The van der Waals surface area contributed by atoms with Crippen LogP contribution < -0.4 is 10.6 Å². The van der Waals surface area contributed by atoms with Crippen LogP contribution in [0.25, 0.3) is 5.57 Å². The van der Waals surface area contributed by atoms with Crippen LogP contribution in [0.5, 0.6) is 0 Å². The monoisotopic (exact) mass is 553 g/mol. The summed E-state index contributed by atoms with van der Waals surface area (Å²) in [5.41, 5.74) is 14.1. The number of nitrogens with zero attached hydrogens (tertiary/aromatic N) is 4. The number of aromatic nitrogens is 2. The summed E-state index contributed by atoms with van der Waals surface area (Å²) in [5.74, 6) is 1.47. The summed E-state index contributed by atoms with van der Waals surface area (Å²) in [5, 5.41) is 0. The Morgan fingerprint density at radius 3 is 2.39 bits per heavy atom. The number of fused-ring (bicyclic) bond motifs is 3. The van der Waals surface area contributed by atoms with Crippen LogP contribution in [0.4, 0.5) is 5.82 Å². The Balaban J connectivity index is 1.41. The zero-order valence-corrected chi connectivity index (χ0v) is 26.0. The zero-order valence-electron chi connectivity index (χ0n) is 26.0. The molecule has 0 spiro atoms. The second-order valence-electron chi connectivity index (χ2n) is 13.4. The predicted molar refractivity (Wildman–Crippen MR) is 173 cm³/mol. The number of rotatable bonds is 10. The van der Waals surface area contributed by atoms with Crippen molar-refractivity contribution < 1.29 is 0 Å². The Morgan fingerprint density at radius 2 is 1.78 bits per heavy atom. The third kappa shape index (κ3) is 6.29. The van der Waals surface area contributed by atoms with Crippen LogP contribution in [0.1, 0.15) is 114 Å². The van der Waals surface area contributed by atoms with Crippen molar-refractivity contribution in [3.05, 3.63) is 71.5 Å². The number of aliphatic imine (C=N–C) groups is 1. The van der Waals surface area contributed by atoms with E-state index in [-0.39, 0.29) is 6.04 Å². The van der Waals surface area contributed by atoms with Gasteiger partial charge in [0.1, 0.15) is 12.1 Å². The quantitative estimate of drug-likeness (QED) is 0.300. The van der Waals surface area contributed by atoms with Gasteiger partial charge in [-0.05, 0) is 112 Å². The molecule has 2 aromatic rings. The Kier molecular flexibility index (Phi) is 9.01. The average Bonchev–Trinajstić information content (AvgIpc) is 3.01. The first-order chi connectivity index (χ1) is 19.8. The second-order valence-corrected chi connectivity index (χ2v) is 13.4. The van der Waals surface area contributed by atoms with E-state index in [0.29, 0.717) is 16.7 Å². The van der Waals surface area contributed by atoms with E-state index >= 15 is 0 Å². The van der Waals surface area contributed by atoms with E-state index in [1.807, 2.05) is 6.21 Å². The van der Waals surface area contributed by atoms with Gasteiger partial charge in [-0.25, -0.2) is 9.97 Å². The highest BCUT2D eigenvalue weighted by atomic mass is 15.2. The molecule has 0 atom stereocenters. The summed E-state index contributed by atoms with van der Waals surface area (Å²) < 4.78 is 0. The van der Waals surface area contributed by atoms with Crippen molar-refractivity contribution in [2.75, 3.05) is 11.4 Å². The normalized spacial score (nSPS) is 25.2. The van der Waals surface area contributed by atoms with Gasteiger partial charge in [-0.1, -0.05) is 51.0 Å². The van der Waals surface area contributed by atoms with Crippen molar-refractivity contribution in [1.29, 1.82) is 0 Å². The summed E-state index contributed by atoms with van der Waals surface area (Å²) in [7, 11) is 0. The second kappa shape index (κ2) is 12.5. The SMILES string of the molecule is C=C(C1CCCCC1)N(CC12CCC(c3ccc(CC)c(C)c3)(CC1)CC2)c1cc(/C(C=NC(C)C)=C/N)ncn1. The number of hydrogen-bond acceptors (Lipinski definition) is 5. The molecule has 220 valence electrons. The molecular weight excluding hydrogens is 502 g/mol. The van der Waals surface area contributed by atoms with Crippen LogP contribution in [0, 0.1) is 18.3 Å². The molecule has 1 aromatic heterocycles. The van der Waals surface area contributed by atoms with Gasteiger partial charge >= 0.3 is 0 Å². The molecule has 0 radical (unpaired) electrons. The van der Waals surface area contributed by atoms with Crippen LogP contribution in [0.3, 0.4) is 0 Å². The van der Waals surface area contributed by atoms with E-state index in [1.54, 1.807) is 18.1 Å². The molecule has 0 saturated heterocycles. The van der Waals surface area contributed by atoms with E-state index in [1.165, 1.54) is 87.5 Å². The van der Waals surface area contributed by atoms with Gasteiger partial charge in [0.2, 0.25) is 0 Å². The van der Waals surface area contributed by atoms with Crippen molar-refractivity contribution in [2.45, 2.75) is 116 Å². The van der Waals surface area contributed by atoms with Gasteiger partial charge in [0.05, 0.1) is 5.69 Å². The number of nitrogens with two attached hydrogens (primary N) is 1. The molecule has 4 aliphatic carbocycles. The first kappa shape index (κ1) is 29.5. The lowest BCUT2D eigenvalue weighted by Gasteiger charge is -2.55. The maximum Gasteiger partial charge on any atom is 0.136 e. The molecule has 4 aliphatic rings. The van der Waals surface area contributed by atoms with Gasteiger partial charge in [0.15, 0.2) is 0 Å². The molecule has 6 rings (SSSR count). The molecule has 5 nitrogen and oxygen atoms in total. The van der Waals surface area contributed by atoms with Gasteiger partial charge < -0.3 is 10.6 Å². The fraction of sp³-hybridized carbons (Fsp3) is 0.583. The first-order valence-corrected chi connectivity index (χ1v) is 16.1. The summed E-state index contributed by atoms with van der Waals surface area (Å²) in [4.78, 5) is 16.5. The van der Waals surface area contributed by atoms with E-state index < -0.39 is 0 Å². The molecule has 0 unspecified atom stereocenters. The van der Waals surface area contributed by atoms with Crippen molar-refractivity contribution >= 4 is 17.6 Å². The fourth-order valence-corrected chi connectivity index (χ4v) is 7.75. The Morgan fingerprint density at radius 1 is 1.07 bits per heavy atom. The van der Waals surface area contributed by atoms with Crippen LogP contribution in [-0.2, 0) is 11.8 Å². The Bertz CT molecular complexity index is 1260. The maximum absolute atomic E-state index is 6.03. The molecule has 5 heteroatoms. The number of aryl methyl sites for hydroxylation is 2. The molecule has 1 heterocycles. The van der Waals surface area contributed by atoms with Gasteiger partial charge in [-0.15, -0.1) is 0 Å². The third-order valence-corrected chi connectivity index (χ3v) is 10.6. The number of allylic oxidation sites excluding steroid dienone is 2. The molecule has 4 saturated carbocycles. The molecule has 2 N–H and O–H groups in total.